The van der Waals surface area contributed by atoms with Crippen molar-refractivity contribution in [2.24, 2.45) is 0 Å². The first-order chi connectivity index (χ1) is 24.3. The zero-order chi connectivity index (χ0) is 35.1. The van der Waals surface area contributed by atoms with E-state index in [1.54, 1.807) is 24.3 Å². The Morgan fingerprint density at radius 1 is 0.600 bits per heavy atom. The predicted molar refractivity (Wildman–Crippen MR) is 194 cm³/mol. The quantitative estimate of drug-likeness (QED) is 0.226. The van der Waals surface area contributed by atoms with Crippen LogP contribution in [0.1, 0.15) is 70.7 Å². The number of ether oxygens (including phenoxy) is 2. The van der Waals surface area contributed by atoms with Crippen LogP contribution < -0.4 is 9.47 Å². The molecule has 0 amide bonds. The summed E-state index contributed by atoms with van der Waals surface area (Å²) in [6.45, 7) is 11.9. The summed E-state index contributed by atoms with van der Waals surface area (Å²) in [6.07, 6.45) is 12.5. The van der Waals surface area contributed by atoms with E-state index in [1.807, 2.05) is 48.6 Å². The number of hydrogen-bond acceptors (Lipinski definition) is 6. The highest BCUT2D eigenvalue weighted by Gasteiger charge is 2.35. The summed E-state index contributed by atoms with van der Waals surface area (Å²) in [6, 6.07) is 17.9. The molecule has 4 aliphatic rings. The summed E-state index contributed by atoms with van der Waals surface area (Å²) in [7, 11) is 0. The number of carbonyl (C=O) groups is 2. The van der Waals surface area contributed by atoms with Gasteiger partial charge in [-0.25, -0.2) is 9.59 Å². The Balaban J connectivity index is 1.50. The van der Waals surface area contributed by atoms with Crippen LogP contribution in [0.3, 0.4) is 0 Å². The van der Waals surface area contributed by atoms with E-state index >= 15 is 0 Å². The average Bonchev–Trinajstić information content (AvgIpc) is 3.13. The molecule has 0 spiro atoms. The highest BCUT2D eigenvalue weighted by Crippen LogP contribution is 2.51. The van der Waals surface area contributed by atoms with Gasteiger partial charge in [0.25, 0.3) is 0 Å². The molecule has 3 aromatic rings. The zero-order valence-corrected chi connectivity index (χ0v) is 28.6. The number of nitrogens with zero attached hydrogens (tertiary/aromatic N) is 2. The van der Waals surface area contributed by atoms with Crippen molar-refractivity contribution in [3.63, 3.8) is 0 Å². The van der Waals surface area contributed by atoms with Gasteiger partial charge in [-0.3, -0.25) is 9.80 Å². The Hall–Kier alpha value is -5.44. The Kier molecular flexibility index (Phi) is 8.90. The predicted octanol–water partition coefficient (Wildman–Crippen LogP) is 7.80. The summed E-state index contributed by atoms with van der Waals surface area (Å²) in [5.41, 5.74) is 5.88. The third-order valence-corrected chi connectivity index (χ3v) is 10.0. The van der Waals surface area contributed by atoms with Crippen molar-refractivity contribution in [1.82, 2.24) is 9.80 Å². The molecule has 2 aliphatic carbocycles. The topological polar surface area (TPSA) is 99.5 Å². The molecule has 0 aromatic heterocycles. The van der Waals surface area contributed by atoms with Gasteiger partial charge in [-0.15, -0.1) is 0 Å². The van der Waals surface area contributed by atoms with Crippen LogP contribution in [0.5, 0.6) is 11.5 Å². The number of rotatable bonds is 10. The van der Waals surface area contributed by atoms with E-state index < -0.39 is 11.9 Å². The van der Waals surface area contributed by atoms with Crippen molar-refractivity contribution >= 4 is 23.1 Å². The van der Waals surface area contributed by atoms with Crippen LogP contribution in [0, 0.1) is 0 Å². The molecule has 2 atom stereocenters. The largest absolute Gasteiger partial charge is 0.478 e. The fraction of sp³-hybridized carbons (Fsp3) is 0.238. The van der Waals surface area contributed by atoms with Crippen molar-refractivity contribution < 1.29 is 29.3 Å². The van der Waals surface area contributed by atoms with Crippen LogP contribution in [0.25, 0.3) is 11.1 Å². The minimum atomic E-state index is -1.03. The first kappa shape index (κ1) is 33.1. The van der Waals surface area contributed by atoms with E-state index in [2.05, 4.69) is 61.8 Å². The van der Waals surface area contributed by atoms with Gasteiger partial charge in [0, 0.05) is 39.5 Å². The van der Waals surface area contributed by atoms with Crippen LogP contribution in [-0.4, -0.2) is 70.2 Å². The van der Waals surface area contributed by atoms with Crippen LogP contribution in [-0.2, 0) is 0 Å². The Morgan fingerprint density at radius 3 is 1.38 bits per heavy atom. The number of allylic oxidation sites excluding steroid dienone is 2. The smallest absolute Gasteiger partial charge is 0.336 e. The van der Waals surface area contributed by atoms with E-state index in [0.29, 0.717) is 45.3 Å². The van der Waals surface area contributed by atoms with Crippen molar-refractivity contribution in [3.05, 3.63) is 153 Å². The molecule has 50 heavy (non-hydrogen) atoms. The maximum Gasteiger partial charge on any atom is 0.336 e. The molecular formula is C42H40N2O6. The van der Waals surface area contributed by atoms with Gasteiger partial charge in [0.15, 0.2) is 0 Å². The van der Waals surface area contributed by atoms with Crippen LogP contribution >= 0.6 is 0 Å². The normalized spacial score (nSPS) is 18.8. The van der Waals surface area contributed by atoms with Gasteiger partial charge in [0.1, 0.15) is 23.0 Å². The number of hydrogen-bond donors (Lipinski definition) is 2. The molecule has 0 saturated heterocycles. The van der Waals surface area contributed by atoms with Gasteiger partial charge in [-0.05, 0) is 67.7 Å². The van der Waals surface area contributed by atoms with Crippen molar-refractivity contribution in [2.45, 2.75) is 39.8 Å². The molecule has 0 saturated carbocycles. The van der Waals surface area contributed by atoms with Crippen LogP contribution in [0.4, 0.5) is 0 Å². The number of likely N-dealkylation sites (N-methyl/N-ethyl adjacent to an activating group) is 2. The van der Waals surface area contributed by atoms with Gasteiger partial charge < -0.3 is 19.7 Å². The maximum atomic E-state index is 12.6. The van der Waals surface area contributed by atoms with E-state index in [-0.39, 0.29) is 23.2 Å². The first-order valence-corrected chi connectivity index (χ1v) is 17.2. The molecule has 3 aromatic carbocycles. The monoisotopic (exact) mass is 668 g/mol. The summed E-state index contributed by atoms with van der Waals surface area (Å²) in [5, 5.41) is 20.6. The molecule has 2 aliphatic heterocycles. The van der Waals surface area contributed by atoms with E-state index in [0.717, 1.165) is 48.5 Å². The molecular weight excluding hydrogens is 628 g/mol. The summed E-state index contributed by atoms with van der Waals surface area (Å²) < 4.78 is 13.4. The van der Waals surface area contributed by atoms with Crippen LogP contribution in [0.15, 0.2) is 120 Å². The lowest BCUT2D eigenvalue weighted by molar-refractivity contribution is 0.0685. The number of carboxylic acid groups (broad SMARTS) is 2. The lowest BCUT2D eigenvalue weighted by Crippen LogP contribution is -2.34. The number of benzene rings is 3. The SMILES string of the molecule is CCN(CC)C1C=CC2=C(c3ccccc3C(=O)O)c3cc4c(cc3OC2=C1)OC1=CC(N(CC)CC)C=CC1=C4c1ccccc1C(=O)O. The third kappa shape index (κ3) is 5.60. The first-order valence-electron chi connectivity index (χ1n) is 17.2. The molecule has 2 N–H and O–H groups in total. The zero-order valence-electron chi connectivity index (χ0n) is 28.6. The molecule has 0 bridgehead atoms. The highest BCUT2D eigenvalue weighted by atomic mass is 16.5. The summed E-state index contributed by atoms with van der Waals surface area (Å²) >= 11 is 0. The Bertz CT molecular complexity index is 1950. The second-order valence-corrected chi connectivity index (χ2v) is 12.5. The molecule has 254 valence electrons. The summed E-state index contributed by atoms with van der Waals surface area (Å²) in [4.78, 5) is 29.8. The van der Waals surface area contributed by atoms with Gasteiger partial charge in [-0.1, -0.05) is 88.4 Å². The highest BCUT2D eigenvalue weighted by molar-refractivity contribution is 6.04. The second-order valence-electron chi connectivity index (χ2n) is 12.5. The fourth-order valence-corrected chi connectivity index (χ4v) is 7.49. The number of fused-ring (bicyclic) bond motifs is 4. The van der Waals surface area contributed by atoms with Crippen molar-refractivity contribution in [2.75, 3.05) is 26.2 Å². The van der Waals surface area contributed by atoms with E-state index in [1.165, 1.54) is 0 Å². The Morgan fingerprint density at radius 2 is 1.00 bits per heavy atom. The minimum Gasteiger partial charge on any atom is -0.478 e. The Labute approximate surface area is 292 Å². The molecule has 0 fully saturated rings. The van der Waals surface area contributed by atoms with Gasteiger partial charge in [-0.2, -0.15) is 0 Å². The third-order valence-electron chi connectivity index (χ3n) is 10.0. The summed E-state index contributed by atoms with van der Waals surface area (Å²) in [5.74, 6) is 0.303. The standard InChI is InChI=1S/C42H40N2O6/c1-5-43(6-2)25-17-19-31-35(21-25)49-37-24-38-34(23-33(37)39(31)27-13-9-11-15-29(27)41(45)46)40(28-14-10-12-16-30(28)42(47)48)32-20-18-26(22-36(32)50-38)44(7-3)8-4/h9-26H,5-8H2,1-4H3,(H,45,46)(H,47,48). The van der Waals surface area contributed by atoms with Gasteiger partial charge in [0.2, 0.25) is 0 Å². The van der Waals surface area contributed by atoms with Gasteiger partial charge in [0.05, 0.1) is 23.2 Å². The van der Waals surface area contributed by atoms with E-state index in [9.17, 15) is 19.8 Å². The second kappa shape index (κ2) is 13.5. The van der Waals surface area contributed by atoms with Crippen molar-refractivity contribution in [3.8, 4) is 11.5 Å². The number of aromatic carboxylic acids is 2. The molecule has 0 radical (unpaired) electrons. The average molecular weight is 669 g/mol. The molecule has 7 rings (SSSR count). The van der Waals surface area contributed by atoms with Crippen molar-refractivity contribution in [1.29, 1.82) is 0 Å². The minimum absolute atomic E-state index is 0.0101. The van der Waals surface area contributed by atoms with Gasteiger partial charge >= 0.3 is 11.9 Å². The molecule has 8 nitrogen and oxygen atoms in total. The van der Waals surface area contributed by atoms with E-state index in [4.69, 9.17) is 9.47 Å². The lowest BCUT2D eigenvalue weighted by atomic mass is 9.81. The fourth-order valence-electron chi connectivity index (χ4n) is 7.49. The van der Waals surface area contributed by atoms with Crippen LogP contribution in [0.2, 0.25) is 0 Å². The molecule has 2 unspecified atom stereocenters. The number of carboxylic acids is 2. The molecule has 2 heterocycles. The lowest BCUT2D eigenvalue weighted by Gasteiger charge is -2.35. The maximum absolute atomic E-state index is 12.6. The molecule has 8 heteroatoms.